The zero-order valence-corrected chi connectivity index (χ0v) is 11.7. The molecular formula is C10H10ClN7O4. The molecule has 0 saturated heterocycles. The van der Waals surface area contributed by atoms with E-state index in [0.29, 0.717) is 11.5 Å². The van der Waals surface area contributed by atoms with Gasteiger partial charge in [-0.25, -0.2) is 10.1 Å². The number of nitro benzene ring substituents is 1. The van der Waals surface area contributed by atoms with Gasteiger partial charge in [0.05, 0.1) is 22.8 Å². The van der Waals surface area contributed by atoms with Crippen molar-refractivity contribution in [2.45, 2.75) is 0 Å². The number of hydrogen-bond acceptors (Lipinski definition) is 9. The SMILES string of the molecule is Cl.Nn1cnnc1NN=Cc1cc2c(cc1[N+](=O)[O-])OCO2. The molecule has 0 amide bonds. The number of benzene rings is 1. The van der Waals surface area contributed by atoms with Crippen molar-refractivity contribution in [3.63, 3.8) is 0 Å². The number of fused-ring (bicyclic) bond motifs is 1. The molecule has 2 aromatic rings. The van der Waals surface area contributed by atoms with Crippen LogP contribution in [-0.4, -0.2) is 32.8 Å². The van der Waals surface area contributed by atoms with Gasteiger partial charge >= 0.3 is 0 Å². The van der Waals surface area contributed by atoms with Crippen molar-refractivity contribution in [3.05, 3.63) is 34.1 Å². The maximum absolute atomic E-state index is 11.0. The minimum absolute atomic E-state index is 0. The van der Waals surface area contributed by atoms with Gasteiger partial charge in [0.2, 0.25) is 6.79 Å². The molecule has 0 atom stereocenters. The molecule has 11 nitrogen and oxygen atoms in total. The number of nitrogens with one attached hydrogen (secondary N) is 1. The Kier molecular flexibility index (Phi) is 4.27. The summed E-state index contributed by atoms with van der Waals surface area (Å²) in [6.45, 7) is 0.0294. The predicted octanol–water partition coefficient (Wildman–Crippen LogP) is 0.497. The largest absolute Gasteiger partial charge is 0.454 e. The maximum atomic E-state index is 11.0. The fraction of sp³-hybridized carbons (Fsp3) is 0.100. The highest BCUT2D eigenvalue weighted by Crippen LogP contribution is 2.37. The summed E-state index contributed by atoms with van der Waals surface area (Å²) in [7, 11) is 0. The minimum Gasteiger partial charge on any atom is -0.454 e. The van der Waals surface area contributed by atoms with Crippen LogP contribution in [0.5, 0.6) is 11.5 Å². The molecule has 0 radical (unpaired) electrons. The van der Waals surface area contributed by atoms with Gasteiger partial charge in [0.1, 0.15) is 6.33 Å². The second-order valence-corrected chi connectivity index (χ2v) is 3.95. The van der Waals surface area contributed by atoms with E-state index >= 15 is 0 Å². The molecule has 0 bridgehead atoms. The molecule has 0 aliphatic carbocycles. The molecule has 1 aromatic heterocycles. The highest BCUT2D eigenvalue weighted by molar-refractivity contribution is 5.87. The molecule has 0 fully saturated rings. The third kappa shape index (κ3) is 2.83. The summed E-state index contributed by atoms with van der Waals surface area (Å²) in [5, 5.41) is 22.1. The van der Waals surface area contributed by atoms with E-state index in [0.717, 1.165) is 4.68 Å². The van der Waals surface area contributed by atoms with Gasteiger partial charge in [0.15, 0.2) is 11.5 Å². The molecule has 1 aliphatic rings. The number of nitrogens with zero attached hydrogens (tertiary/aromatic N) is 5. The van der Waals surface area contributed by atoms with Crippen LogP contribution in [0.25, 0.3) is 0 Å². The number of halogens is 1. The van der Waals surface area contributed by atoms with Crippen LogP contribution in [-0.2, 0) is 0 Å². The van der Waals surface area contributed by atoms with E-state index in [-0.39, 0.29) is 36.4 Å². The van der Waals surface area contributed by atoms with Crippen molar-refractivity contribution in [3.8, 4) is 11.5 Å². The first kappa shape index (κ1) is 15.3. The van der Waals surface area contributed by atoms with E-state index < -0.39 is 4.92 Å². The molecule has 2 heterocycles. The lowest BCUT2D eigenvalue weighted by atomic mass is 10.1. The summed E-state index contributed by atoms with van der Waals surface area (Å²) >= 11 is 0. The number of ether oxygens (including phenoxy) is 2. The molecular weight excluding hydrogens is 318 g/mol. The Labute approximate surface area is 129 Å². The quantitative estimate of drug-likeness (QED) is 0.357. The van der Waals surface area contributed by atoms with Crippen LogP contribution in [0.15, 0.2) is 23.6 Å². The monoisotopic (exact) mass is 327 g/mol. The second kappa shape index (κ2) is 6.13. The Morgan fingerprint density at radius 2 is 2.18 bits per heavy atom. The Bertz CT molecular complexity index is 732. The van der Waals surface area contributed by atoms with Crippen LogP contribution in [0.4, 0.5) is 11.6 Å². The highest BCUT2D eigenvalue weighted by Gasteiger charge is 2.22. The van der Waals surface area contributed by atoms with Crippen molar-refractivity contribution in [1.82, 2.24) is 14.9 Å². The number of nitro groups is 1. The molecule has 0 unspecified atom stereocenters. The molecule has 116 valence electrons. The van der Waals surface area contributed by atoms with Crippen LogP contribution in [0.1, 0.15) is 5.56 Å². The Balaban J connectivity index is 0.00000176. The predicted molar refractivity (Wildman–Crippen MR) is 77.9 cm³/mol. The smallest absolute Gasteiger partial charge is 0.282 e. The van der Waals surface area contributed by atoms with Gasteiger partial charge in [0, 0.05) is 0 Å². The van der Waals surface area contributed by atoms with Crippen molar-refractivity contribution in [1.29, 1.82) is 0 Å². The van der Waals surface area contributed by atoms with E-state index in [1.54, 1.807) is 0 Å². The fourth-order valence-corrected chi connectivity index (χ4v) is 1.69. The van der Waals surface area contributed by atoms with E-state index in [9.17, 15) is 10.1 Å². The number of nitrogens with two attached hydrogens (primary N) is 1. The average Bonchev–Trinajstić information content (AvgIpc) is 3.06. The third-order valence-corrected chi connectivity index (χ3v) is 2.66. The number of rotatable bonds is 4. The third-order valence-electron chi connectivity index (χ3n) is 2.66. The fourth-order valence-electron chi connectivity index (χ4n) is 1.69. The van der Waals surface area contributed by atoms with Crippen LogP contribution < -0.4 is 20.7 Å². The van der Waals surface area contributed by atoms with Gasteiger partial charge in [-0.2, -0.15) is 5.10 Å². The summed E-state index contributed by atoms with van der Waals surface area (Å²) in [6, 6.07) is 2.76. The molecule has 1 aromatic carbocycles. The summed E-state index contributed by atoms with van der Waals surface area (Å²) in [6.07, 6.45) is 2.54. The van der Waals surface area contributed by atoms with Gasteiger partial charge in [-0.1, -0.05) is 0 Å². The zero-order valence-electron chi connectivity index (χ0n) is 10.9. The van der Waals surface area contributed by atoms with Crippen molar-refractivity contribution >= 4 is 30.3 Å². The van der Waals surface area contributed by atoms with Crippen molar-refractivity contribution in [2.24, 2.45) is 5.10 Å². The maximum Gasteiger partial charge on any atom is 0.282 e. The van der Waals surface area contributed by atoms with E-state index in [4.69, 9.17) is 15.3 Å². The normalized spacial score (nSPS) is 12.2. The summed E-state index contributed by atoms with van der Waals surface area (Å²) in [5.41, 5.74) is 2.61. The number of hydrazone groups is 1. The van der Waals surface area contributed by atoms with Crippen molar-refractivity contribution < 1.29 is 14.4 Å². The second-order valence-electron chi connectivity index (χ2n) is 3.95. The molecule has 0 saturated carbocycles. The Morgan fingerprint density at radius 1 is 1.45 bits per heavy atom. The van der Waals surface area contributed by atoms with Gasteiger partial charge in [0.25, 0.3) is 11.6 Å². The average molecular weight is 328 g/mol. The van der Waals surface area contributed by atoms with Gasteiger partial charge in [-0.05, 0) is 6.07 Å². The van der Waals surface area contributed by atoms with Crippen LogP contribution >= 0.6 is 12.4 Å². The summed E-state index contributed by atoms with van der Waals surface area (Å²) < 4.78 is 11.4. The van der Waals surface area contributed by atoms with Gasteiger partial charge in [-0.3, -0.25) is 10.1 Å². The summed E-state index contributed by atoms with van der Waals surface area (Å²) in [5.74, 6) is 6.42. The molecule has 1 aliphatic heterocycles. The van der Waals surface area contributed by atoms with E-state index in [1.165, 1.54) is 24.7 Å². The van der Waals surface area contributed by atoms with Crippen molar-refractivity contribution in [2.75, 3.05) is 18.1 Å². The lowest BCUT2D eigenvalue weighted by molar-refractivity contribution is -0.385. The first-order chi connectivity index (χ1) is 10.1. The zero-order chi connectivity index (χ0) is 14.8. The van der Waals surface area contributed by atoms with E-state index in [2.05, 4.69) is 20.7 Å². The lowest BCUT2D eigenvalue weighted by Crippen LogP contribution is -2.10. The number of nitrogen functional groups attached to an aromatic ring is 1. The Hall–Kier alpha value is -3.08. The number of hydrogen-bond donors (Lipinski definition) is 2. The Morgan fingerprint density at radius 3 is 2.82 bits per heavy atom. The topological polar surface area (TPSA) is 143 Å². The lowest BCUT2D eigenvalue weighted by Gasteiger charge is -2.01. The highest BCUT2D eigenvalue weighted by atomic mass is 35.5. The molecule has 12 heteroatoms. The standard InChI is InChI=1S/C10H9N7O4.ClH/c11-16-4-13-15-10(16)14-12-3-6-1-8-9(21-5-20-8)2-7(6)17(18)19;/h1-4H,5,11H2,(H,14,15);1H. The van der Waals surface area contributed by atoms with Gasteiger partial charge in [-0.15, -0.1) is 22.6 Å². The molecule has 22 heavy (non-hydrogen) atoms. The number of anilines is 1. The van der Waals surface area contributed by atoms with Crippen LogP contribution in [0.2, 0.25) is 0 Å². The number of aromatic nitrogens is 3. The van der Waals surface area contributed by atoms with Crippen LogP contribution in [0.3, 0.4) is 0 Å². The minimum atomic E-state index is -0.533. The first-order valence-corrected chi connectivity index (χ1v) is 5.67. The van der Waals surface area contributed by atoms with Gasteiger partial charge < -0.3 is 15.3 Å². The van der Waals surface area contributed by atoms with E-state index in [1.807, 2.05) is 0 Å². The van der Waals surface area contributed by atoms with Crippen LogP contribution in [0, 0.1) is 10.1 Å². The molecule has 3 rings (SSSR count). The summed E-state index contributed by atoms with van der Waals surface area (Å²) in [4.78, 5) is 10.5. The molecule has 3 N–H and O–H groups in total. The first-order valence-electron chi connectivity index (χ1n) is 5.67. The molecule has 0 spiro atoms.